The summed E-state index contributed by atoms with van der Waals surface area (Å²) < 4.78 is 29.0. The first kappa shape index (κ1) is 21.4. The lowest BCUT2D eigenvalue weighted by Gasteiger charge is -2.13. The fraction of sp³-hybridized carbons (Fsp3) is 0.286. The van der Waals surface area contributed by atoms with Gasteiger partial charge in [-0.2, -0.15) is 13.8 Å². The van der Waals surface area contributed by atoms with E-state index >= 15 is 0 Å². The summed E-state index contributed by atoms with van der Waals surface area (Å²) >= 11 is 0. The molecule has 0 amide bonds. The minimum absolute atomic E-state index is 0.0963. The highest BCUT2D eigenvalue weighted by molar-refractivity contribution is 5.67. The molecule has 0 aliphatic carbocycles. The van der Waals surface area contributed by atoms with E-state index in [0.717, 1.165) is 30.8 Å². The van der Waals surface area contributed by atoms with Crippen LogP contribution in [0.4, 0.5) is 26.2 Å². The standard InChI is InChI=1S/C21H24F2N6O/c1-29(2)13-3-10-25-21-27-18(15-8-11-24-12-9-15)14-19(28-21)26-16-4-6-17(7-5-16)30-20(22)23/h4-9,11-12,14,20H,3,10,13H2,1-2H3,(H2,25,26,27,28). The molecule has 2 aromatic heterocycles. The van der Waals surface area contributed by atoms with E-state index < -0.39 is 6.61 Å². The number of ether oxygens (including phenoxy) is 1. The lowest BCUT2D eigenvalue weighted by molar-refractivity contribution is -0.0498. The number of aromatic nitrogens is 3. The lowest BCUT2D eigenvalue weighted by Crippen LogP contribution is -2.17. The van der Waals surface area contributed by atoms with Crippen molar-refractivity contribution in [3.05, 3.63) is 54.9 Å². The van der Waals surface area contributed by atoms with E-state index in [1.807, 2.05) is 32.3 Å². The summed E-state index contributed by atoms with van der Waals surface area (Å²) in [4.78, 5) is 15.3. The molecule has 0 aliphatic heterocycles. The molecule has 0 atom stereocenters. The van der Waals surface area contributed by atoms with Crippen LogP contribution in [0, 0.1) is 0 Å². The predicted octanol–water partition coefficient (Wildman–Crippen LogP) is 4.25. The third-order valence-electron chi connectivity index (χ3n) is 4.12. The third kappa shape index (κ3) is 6.63. The molecule has 3 rings (SSSR count). The first-order chi connectivity index (χ1) is 14.5. The van der Waals surface area contributed by atoms with Crippen LogP contribution >= 0.6 is 0 Å². The average Bonchev–Trinajstić information content (AvgIpc) is 2.73. The van der Waals surface area contributed by atoms with Gasteiger partial charge in [0.25, 0.3) is 0 Å². The molecule has 0 saturated carbocycles. The van der Waals surface area contributed by atoms with E-state index in [-0.39, 0.29) is 5.75 Å². The second-order valence-corrected chi connectivity index (χ2v) is 6.81. The van der Waals surface area contributed by atoms with Crippen LogP contribution in [0.25, 0.3) is 11.3 Å². The van der Waals surface area contributed by atoms with Crippen molar-refractivity contribution in [3.8, 4) is 17.0 Å². The van der Waals surface area contributed by atoms with Crippen molar-refractivity contribution in [1.82, 2.24) is 19.9 Å². The molecule has 9 heteroatoms. The molecule has 30 heavy (non-hydrogen) atoms. The highest BCUT2D eigenvalue weighted by Gasteiger charge is 2.08. The molecule has 0 unspecified atom stereocenters. The molecule has 0 bridgehead atoms. The summed E-state index contributed by atoms with van der Waals surface area (Å²) in [7, 11) is 4.06. The van der Waals surface area contributed by atoms with Crippen molar-refractivity contribution in [3.63, 3.8) is 0 Å². The Bertz CT molecular complexity index is 923. The highest BCUT2D eigenvalue weighted by atomic mass is 19.3. The number of hydrogen-bond donors (Lipinski definition) is 2. The topological polar surface area (TPSA) is 75.2 Å². The molecule has 7 nitrogen and oxygen atoms in total. The van der Waals surface area contributed by atoms with E-state index in [2.05, 4.69) is 35.2 Å². The zero-order chi connectivity index (χ0) is 21.3. The van der Waals surface area contributed by atoms with Crippen LogP contribution < -0.4 is 15.4 Å². The summed E-state index contributed by atoms with van der Waals surface area (Å²) in [5, 5.41) is 6.44. The van der Waals surface area contributed by atoms with Crippen LogP contribution in [0.3, 0.4) is 0 Å². The zero-order valence-electron chi connectivity index (χ0n) is 16.8. The molecule has 2 N–H and O–H groups in total. The number of nitrogens with one attached hydrogen (secondary N) is 2. The third-order valence-corrected chi connectivity index (χ3v) is 4.12. The number of rotatable bonds is 10. The van der Waals surface area contributed by atoms with E-state index in [1.54, 1.807) is 24.5 Å². The number of hydrogen-bond acceptors (Lipinski definition) is 7. The van der Waals surface area contributed by atoms with E-state index in [1.165, 1.54) is 12.1 Å². The molecular formula is C21H24F2N6O. The van der Waals surface area contributed by atoms with Crippen molar-refractivity contribution in [2.75, 3.05) is 37.8 Å². The van der Waals surface area contributed by atoms with Crippen LogP contribution in [0.5, 0.6) is 5.75 Å². The predicted molar refractivity (Wildman–Crippen MR) is 113 cm³/mol. The van der Waals surface area contributed by atoms with Gasteiger partial charge in [0, 0.05) is 36.3 Å². The fourth-order valence-electron chi connectivity index (χ4n) is 2.72. The molecule has 0 saturated heterocycles. The van der Waals surface area contributed by atoms with Gasteiger partial charge in [0.05, 0.1) is 5.69 Å². The Kier molecular flexibility index (Phi) is 7.45. The smallest absolute Gasteiger partial charge is 0.387 e. The van der Waals surface area contributed by atoms with Crippen LogP contribution in [-0.4, -0.2) is 53.6 Å². The molecule has 0 spiro atoms. The molecule has 0 radical (unpaired) electrons. The van der Waals surface area contributed by atoms with Crippen LogP contribution in [0.15, 0.2) is 54.9 Å². The molecule has 0 fully saturated rings. The van der Waals surface area contributed by atoms with Gasteiger partial charge in [-0.05, 0) is 63.5 Å². The lowest BCUT2D eigenvalue weighted by atomic mass is 10.2. The Labute approximate surface area is 174 Å². The van der Waals surface area contributed by atoms with Gasteiger partial charge >= 0.3 is 6.61 Å². The molecule has 0 aliphatic rings. The van der Waals surface area contributed by atoms with Crippen molar-refractivity contribution in [1.29, 1.82) is 0 Å². The van der Waals surface area contributed by atoms with Crippen molar-refractivity contribution >= 4 is 17.5 Å². The number of benzene rings is 1. The fourth-order valence-corrected chi connectivity index (χ4v) is 2.72. The maximum absolute atomic E-state index is 12.3. The van der Waals surface area contributed by atoms with Gasteiger partial charge in [-0.1, -0.05) is 0 Å². The van der Waals surface area contributed by atoms with Gasteiger partial charge in [-0.3, -0.25) is 4.98 Å². The normalized spacial score (nSPS) is 11.0. The Hall–Kier alpha value is -3.33. The first-order valence-corrected chi connectivity index (χ1v) is 9.49. The number of alkyl halides is 2. The minimum Gasteiger partial charge on any atom is -0.435 e. The van der Waals surface area contributed by atoms with Crippen LogP contribution in [0.2, 0.25) is 0 Å². The Morgan fingerprint density at radius 1 is 1.03 bits per heavy atom. The number of pyridine rings is 1. The SMILES string of the molecule is CN(C)CCCNc1nc(Nc2ccc(OC(F)F)cc2)cc(-c2ccncc2)n1. The van der Waals surface area contributed by atoms with Crippen LogP contribution in [-0.2, 0) is 0 Å². The summed E-state index contributed by atoms with van der Waals surface area (Å²) in [5.41, 5.74) is 2.34. The quantitative estimate of drug-likeness (QED) is 0.481. The number of anilines is 3. The molecule has 158 valence electrons. The van der Waals surface area contributed by atoms with Crippen LogP contribution in [0.1, 0.15) is 6.42 Å². The Morgan fingerprint density at radius 3 is 2.43 bits per heavy atom. The second kappa shape index (κ2) is 10.4. The Morgan fingerprint density at radius 2 is 1.77 bits per heavy atom. The average molecular weight is 414 g/mol. The van der Waals surface area contributed by atoms with E-state index in [0.29, 0.717) is 17.5 Å². The van der Waals surface area contributed by atoms with E-state index in [9.17, 15) is 8.78 Å². The summed E-state index contributed by atoms with van der Waals surface area (Å²) in [5.74, 6) is 1.18. The van der Waals surface area contributed by atoms with Crippen molar-refractivity contribution in [2.45, 2.75) is 13.0 Å². The Balaban J connectivity index is 1.78. The van der Waals surface area contributed by atoms with Gasteiger partial charge in [0.15, 0.2) is 0 Å². The largest absolute Gasteiger partial charge is 0.435 e. The van der Waals surface area contributed by atoms with E-state index in [4.69, 9.17) is 0 Å². The summed E-state index contributed by atoms with van der Waals surface area (Å²) in [6.45, 7) is -1.17. The van der Waals surface area contributed by atoms with Gasteiger partial charge < -0.3 is 20.3 Å². The highest BCUT2D eigenvalue weighted by Crippen LogP contribution is 2.25. The van der Waals surface area contributed by atoms with Crippen molar-refractivity contribution < 1.29 is 13.5 Å². The van der Waals surface area contributed by atoms with Gasteiger partial charge in [-0.15, -0.1) is 0 Å². The van der Waals surface area contributed by atoms with Gasteiger partial charge in [0.2, 0.25) is 5.95 Å². The minimum atomic E-state index is -2.85. The summed E-state index contributed by atoms with van der Waals surface area (Å²) in [6, 6.07) is 11.8. The first-order valence-electron chi connectivity index (χ1n) is 9.49. The zero-order valence-corrected chi connectivity index (χ0v) is 16.8. The maximum Gasteiger partial charge on any atom is 0.387 e. The number of halogens is 2. The molecule has 3 aromatic rings. The molecule has 1 aromatic carbocycles. The summed E-state index contributed by atoms with van der Waals surface area (Å²) in [6.07, 6.45) is 4.36. The van der Waals surface area contributed by atoms with Crippen molar-refractivity contribution in [2.24, 2.45) is 0 Å². The van der Waals surface area contributed by atoms with Gasteiger partial charge in [0.1, 0.15) is 11.6 Å². The number of nitrogens with zero attached hydrogens (tertiary/aromatic N) is 4. The second-order valence-electron chi connectivity index (χ2n) is 6.81. The molecular weight excluding hydrogens is 390 g/mol. The maximum atomic E-state index is 12.3. The monoisotopic (exact) mass is 414 g/mol. The molecule has 2 heterocycles. The van der Waals surface area contributed by atoms with Gasteiger partial charge in [-0.25, -0.2) is 4.98 Å².